The fraction of sp³-hybridized carbons (Fsp3) is 0.276. The zero-order chi connectivity index (χ0) is 24.2. The minimum atomic E-state index is 0.541. The van der Waals surface area contributed by atoms with Crippen LogP contribution < -0.4 is 4.74 Å². The van der Waals surface area contributed by atoms with Crippen molar-refractivity contribution in [1.82, 2.24) is 19.9 Å². The Morgan fingerprint density at radius 2 is 1.75 bits per heavy atom. The monoisotopic (exact) mass is 479 g/mol. The van der Waals surface area contributed by atoms with Crippen molar-refractivity contribution in [3.8, 4) is 22.7 Å². The molecule has 0 atom stereocenters. The number of para-hydroxylation sites is 1. The third-order valence-electron chi connectivity index (χ3n) is 6.68. The van der Waals surface area contributed by atoms with Crippen molar-refractivity contribution in [3.05, 3.63) is 90.1 Å². The van der Waals surface area contributed by atoms with Crippen LogP contribution in [0.3, 0.4) is 0 Å². The fourth-order valence-electron chi connectivity index (χ4n) is 4.75. The second-order valence-corrected chi connectivity index (χ2v) is 9.11. The van der Waals surface area contributed by atoms with E-state index in [0.717, 1.165) is 85.3 Å². The Hall–Kier alpha value is -3.97. The van der Waals surface area contributed by atoms with Gasteiger partial charge in [0.25, 0.3) is 0 Å². The maximum atomic E-state index is 5.92. The normalized spacial score (nSPS) is 15.7. The standard InChI is InChI=1S/C29H29N5O2/c1-2-6-22(7-3-1)21-36-25-13-11-24(12-14-25)34-20-27(31-32-34)26-9-4-8-23-10-15-28(30-29(23)26)33-16-5-18-35-19-17-33/h1-4,6-9,11-14,20H,5,10,15-19,21H2. The number of nitrogens with zero attached hydrogens (tertiary/aromatic N) is 5. The number of aryl methyl sites for hydroxylation is 1. The maximum absolute atomic E-state index is 5.92. The van der Waals surface area contributed by atoms with Gasteiger partial charge in [-0.2, -0.15) is 0 Å². The van der Waals surface area contributed by atoms with Gasteiger partial charge in [-0.25, -0.2) is 9.67 Å². The van der Waals surface area contributed by atoms with E-state index in [1.54, 1.807) is 4.68 Å². The Morgan fingerprint density at radius 3 is 2.64 bits per heavy atom. The van der Waals surface area contributed by atoms with E-state index in [2.05, 4.69) is 45.5 Å². The van der Waals surface area contributed by atoms with Crippen LogP contribution in [0.2, 0.25) is 0 Å². The molecule has 0 bridgehead atoms. The van der Waals surface area contributed by atoms with E-state index in [1.807, 2.05) is 48.7 Å². The second-order valence-electron chi connectivity index (χ2n) is 9.11. The zero-order valence-corrected chi connectivity index (χ0v) is 20.2. The molecular formula is C29H29N5O2. The van der Waals surface area contributed by atoms with E-state index in [0.29, 0.717) is 6.61 Å². The number of benzene rings is 3. The first kappa shape index (κ1) is 22.5. The van der Waals surface area contributed by atoms with E-state index in [4.69, 9.17) is 14.5 Å². The smallest absolute Gasteiger partial charge is 0.119 e. The van der Waals surface area contributed by atoms with Crippen molar-refractivity contribution in [2.45, 2.75) is 25.9 Å². The number of amidine groups is 1. The van der Waals surface area contributed by atoms with Crippen molar-refractivity contribution in [2.75, 3.05) is 26.3 Å². The van der Waals surface area contributed by atoms with Gasteiger partial charge < -0.3 is 14.4 Å². The number of rotatable bonds is 5. The number of aromatic nitrogens is 3. The van der Waals surface area contributed by atoms with Crippen molar-refractivity contribution >= 4 is 11.5 Å². The van der Waals surface area contributed by atoms with Gasteiger partial charge in [0.15, 0.2) is 0 Å². The van der Waals surface area contributed by atoms with Crippen LogP contribution in [0.4, 0.5) is 5.69 Å². The lowest BCUT2D eigenvalue weighted by molar-refractivity contribution is 0.147. The van der Waals surface area contributed by atoms with Gasteiger partial charge in [-0.15, -0.1) is 5.10 Å². The first-order valence-electron chi connectivity index (χ1n) is 12.6. The number of fused-ring (bicyclic) bond motifs is 1. The molecule has 0 spiro atoms. The summed E-state index contributed by atoms with van der Waals surface area (Å²) < 4.78 is 13.4. The number of aliphatic imine (C=N–C) groups is 1. The van der Waals surface area contributed by atoms with Crippen LogP contribution in [-0.4, -0.2) is 52.0 Å². The summed E-state index contributed by atoms with van der Waals surface area (Å²) in [5.74, 6) is 1.97. The lowest BCUT2D eigenvalue weighted by Crippen LogP contribution is -2.34. The van der Waals surface area contributed by atoms with Crippen molar-refractivity contribution in [3.63, 3.8) is 0 Å². The van der Waals surface area contributed by atoms with Crippen molar-refractivity contribution < 1.29 is 9.47 Å². The Bertz CT molecular complexity index is 1340. The average molecular weight is 480 g/mol. The van der Waals surface area contributed by atoms with Crippen LogP contribution >= 0.6 is 0 Å². The molecule has 0 radical (unpaired) electrons. The molecule has 2 aliphatic rings. The first-order valence-corrected chi connectivity index (χ1v) is 12.6. The molecule has 3 aromatic carbocycles. The Balaban J connectivity index is 1.21. The van der Waals surface area contributed by atoms with Crippen LogP contribution in [0.15, 0.2) is 84.0 Å². The molecular weight excluding hydrogens is 450 g/mol. The Kier molecular flexibility index (Phi) is 6.46. The number of ether oxygens (including phenoxy) is 2. The SMILES string of the molecule is c1ccc(COc2ccc(-n3cc(-c4cccc5c4N=C(N4CCCOCC4)CC5)nn3)cc2)cc1. The topological polar surface area (TPSA) is 64.8 Å². The summed E-state index contributed by atoms with van der Waals surface area (Å²) in [5.41, 5.74) is 6.19. The molecule has 0 unspecified atom stereocenters. The molecule has 7 heteroatoms. The summed E-state index contributed by atoms with van der Waals surface area (Å²) in [6, 6.07) is 24.4. The van der Waals surface area contributed by atoms with Crippen LogP contribution in [0.5, 0.6) is 5.75 Å². The van der Waals surface area contributed by atoms with Gasteiger partial charge in [0.1, 0.15) is 23.9 Å². The first-order chi connectivity index (χ1) is 17.8. The lowest BCUT2D eigenvalue weighted by atomic mass is 9.98. The minimum absolute atomic E-state index is 0.541. The zero-order valence-electron chi connectivity index (χ0n) is 20.2. The molecule has 7 nitrogen and oxygen atoms in total. The highest BCUT2D eigenvalue weighted by atomic mass is 16.5. The Morgan fingerprint density at radius 1 is 0.861 bits per heavy atom. The highest BCUT2D eigenvalue weighted by Gasteiger charge is 2.22. The summed E-state index contributed by atoms with van der Waals surface area (Å²) in [6.07, 6.45) is 4.96. The molecule has 4 aromatic rings. The predicted octanol–water partition coefficient (Wildman–Crippen LogP) is 5.21. The Labute approximate surface area is 211 Å². The van der Waals surface area contributed by atoms with E-state index in [9.17, 15) is 0 Å². The second kappa shape index (κ2) is 10.3. The van der Waals surface area contributed by atoms with E-state index in [1.165, 1.54) is 5.56 Å². The van der Waals surface area contributed by atoms with Crippen LogP contribution in [0, 0.1) is 0 Å². The quantitative estimate of drug-likeness (QED) is 0.393. The largest absolute Gasteiger partial charge is 0.489 e. The summed E-state index contributed by atoms with van der Waals surface area (Å²) in [4.78, 5) is 7.50. The van der Waals surface area contributed by atoms with Crippen LogP contribution in [-0.2, 0) is 17.8 Å². The molecule has 2 aliphatic heterocycles. The molecule has 0 aliphatic carbocycles. The fourth-order valence-corrected chi connectivity index (χ4v) is 4.75. The molecule has 1 saturated heterocycles. The summed E-state index contributed by atoms with van der Waals surface area (Å²) in [5, 5.41) is 8.91. The van der Waals surface area contributed by atoms with Gasteiger partial charge in [-0.05, 0) is 48.2 Å². The third kappa shape index (κ3) is 4.88. The molecule has 0 saturated carbocycles. The van der Waals surface area contributed by atoms with E-state index in [-0.39, 0.29) is 0 Å². The molecule has 3 heterocycles. The average Bonchev–Trinajstić information content (AvgIpc) is 3.27. The molecule has 1 aromatic heterocycles. The summed E-state index contributed by atoms with van der Waals surface area (Å²) in [6.45, 7) is 4.03. The highest BCUT2D eigenvalue weighted by molar-refractivity contribution is 5.91. The van der Waals surface area contributed by atoms with E-state index < -0.39 is 0 Å². The molecule has 1 fully saturated rings. The lowest BCUT2D eigenvalue weighted by Gasteiger charge is -2.27. The molecule has 36 heavy (non-hydrogen) atoms. The summed E-state index contributed by atoms with van der Waals surface area (Å²) in [7, 11) is 0. The minimum Gasteiger partial charge on any atom is -0.489 e. The molecule has 0 N–H and O–H groups in total. The molecule has 0 amide bonds. The number of hydrogen-bond acceptors (Lipinski definition) is 6. The molecule has 182 valence electrons. The van der Waals surface area contributed by atoms with Gasteiger partial charge in [0, 0.05) is 31.7 Å². The van der Waals surface area contributed by atoms with Crippen LogP contribution in [0.1, 0.15) is 24.0 Å². The summed E-state index contributed by atoms with van der Waals surface area (Å²) >= 11 is 0. The predicted molar refractivity (Wildman–Crippen MR) is 140 cm³/mol. The third-order valence-corrected chi connectivity index (χ3v) is 6.68. The highest BCUT2D eigenvalue weighted by Crippen LogP contribution is 2.36. The van der Waals surface area contributed by atoms with Gasteiger partial charge in [-0.1, -0.05) is 53.7 Å². The van der Waals surface area contributed by atoms with Crippen molar-refractivity contribution in [1.29, 1.82) is 0 Å². The van der Waals surface area contributed by atoms with Gasteiger partial charge in [-0.3, -0.25) is 0 Å². The van der Waals surface area contributed by atoms with Crippen molar-refractivity contribution in [2.24, 2.45) is 4.99 Å². The molecule has 6 rings (SSSR count). The number of hydrogen-bond donors (Lipinski definition) is 0. The van der Waals surface area contributed by atoms with Gasteiger partial charge in [0.05, 0.1) is 24.2 Å². The van der Waals surface area contributed by atoms with Gasteiger partial charge in [0.2, 0.25) is 0 Å². The maximum Gasteiger partial charge on any atom is 0.119 e. The van der Waals surface area contributed by atoms with Crippen LogP contribution in [0.25, 0.3) is 16.9 Å². The van der Waals surface area contributed by atoms with E-state index >= 15 is 0 Å². The van der Waals surface area contributed by atoms with Gasteiger partial charge >= 0.3 is 0 Å².